The third-order valence-corrected chi connectivity index (χ3v) is 4.73. The summed E-state index contributed by atoms with van der Waals surface area (Å²) in [5, 5.41) is 18.4. The second-order valence-corrected chi connectivity index (χ2v) is 6.57. The van der Waals surface area contributed by atoms with E-state index in [9.17, 15) is 5.11 Å². The molecule has 6 N–H and O–H groups in total. The van der Waals surface area contributed by atoms with E-state index in [1.54, 1.807) is 0 Å². The van der Waals surface area contributed by atoms with Gasteiger partial charge in [0, 0.05) is 5.54 Å². The minimum absolute atomic E-state index is 0.160. The highest BCUT2D eigenvalue weighted by Crippen LogP contribution is 2.27. The molecule has 0 aromatic carbocycles. The van der Waals surface area contributed by atoms with Crippen molar-refractivity contribution in [3.05, 3.63) is 0 Å². The Morgan fingerprint density at radius 1 is 0.947 bits per heavy atom. The number of hydrogen-bond acceptors (Lipinski definition) is 4. The molecule has 0 spiro atoms. The molecular weight excluding hydrogens is 240 g/mol. The lowest BCUT2D eigenvalue weighted by molar-refractivity contribution is -0.0117. The van der Waals surface area contributed by atoms with Crippen LogP contribution in [0.25, 0.3) is 0 Å². The Balaban J connectivity index is 0.000000191. The second-order valence-electron chi connectivity index (χ2n) is 6.57. The van der Waals surface area contributed by atoms with E-state index >= 15 is 0 Å². The van der Waals surface area contributed by atoms with Gasteiger partial charge in [0.1, 0.15) is 5.72 Å². The van der Waals surface area contributed by atoms with Gasteiger partial charge in [0.25, 0.3) is 0 Å². The summed E-state index contributed by atoms with van der Waals surface area (Å²) in [5.41, 5.74) is 10.4. The summed E-state index contributed by atoms with van der Waals surface area (Å²) in [6.07, 6.45) is 11.1. The first-order valence-electron chi connectivity index (χ1n) is 7.81. The molecule has 4 nitrogen and oxygen atoms in total. The summed E-state index contributed by atoms with van der Waals surface area (Å²) in [6, 6.07) is 0. The van der Waals surface area contributed by atoms with Crippen molar-refractivity contribution in [1.29, 1.82) is 0 Å². The molecule has 2 rings (SSSR count). The van der Waals surface area contributed by atoms with Crippen LogP contribution in [0, 0.1) is 5.92 Å². The Morgan fingerprint density at radius 3 is 2.00 bits per heavy atom. The molecule has 2 unspecified atom stereocenters. The Morgan fingerprint density at radius 2 is 1.47 bits per heavy atom. The molecule has 19 heavy (non-hydrogen) atoms. The lowest BCUT2D eigenvalue weighted by Crippen LogP contribution is -2.45. The molecule has 0 amide bonds. The molecule has 0 saturated heterocycles. The molecule has 2 atom stereocenters. The standard InChI is InChI=1S/C8H17NO.C7H15NO/c1-7-5-3-2-4-6-8(7,9)10;8-7(6-9)4-2-1-3-5-7/h7,10H,2-6,9H2,1H3;9H,1-6,8H2. The zero-order valence-electron chi connectivity index (χ0n) is 12.4. The Bertz CT molecular complexity index is 251. The molecule has 2 saturated carbocycles. The van der Waals surface area contributed by atoms with Gasteiger partial charge in [-0.15, -0.1) is 0 Å². The Hall–Kier alpha value is -0.160. The van der Waals surface area contributed by atoms with Gasteiger partial charge in [-0.05, 0) is 38.0 Å². The summed E-state index contributed by atoms with van der Waals surface area (Å²) in [7, 11) is 0. The first-order chi connectivity index (χ1) is 8.90. The van der Waals surface area contributed by atoms with Crippen molar-refractivity contribution in [2.24, 2.45) is 17.4 Å². The monoisotopic (exact) mass is 272 g/mol. The van der Waals surface area contributed by atoms with E-state index in [4.69, 9.17) is 16.6 Å². The summed E-state index contributed by atoms with van der Waals surface area (Å²) in [5.74, 6) is 0.273. The highest BCUT2D eigenvalue weighted by molar-refractivity contribution is 4.86. The minimum Gasteiger partial charge on any atom is -0.394 e. The predicted molar refractivity (Wildman–Crippen MR) is 78.5 cm³/mol. The van der Waals surface area contributed by atoms with Gasteiger partial charge in [-0.3, -0.25) is 0 Å². The van der Waals surface area contributed by atoms with Crippen molar-refractivity contribution in [2.75, 3.05) is 6.61 Å². The lowest BCUT2D eigenvalue weighted by Gasteiger charge is -2.30. The molecule has 0 radical (unpaired) electrons. The third-order valence-electron chi connectivity index (χ3n) is 4.73. The van der Waals surface area contributed by atoms with Crippen molar-refractivity contribution in [1.82, 2.24) is 0 Å². The predicted octanol–water partition coefficient (Wildman–Crippen LogP) is 1.87. The van der Waals surface area contributed by atoms with Gasteiger partial charge in [-0.1, -0.05) is 39.0 Å². The fourth-order valence-corrected chi connectivity index (χ4v) is 2.95. The van der Waals surface area contributed by atoms with Crippen LogP contribution in [0.4, 0.5) is 0 Å². The molecule has 2 aliphatic carbocycles. The Labute approximate surface area is 117 Å². The largest absolute Gasteiger partial charge is 0.394 e. The molecular formula is C15H32N2O2. The van der Waals surface area contributed by atoms with Crippen molar-refractivity contribution in [3.8, 4) is 0 Å². The maximum absolute atomic E-state index is 9.60. The zero-order valence-corrected chi connectivity index (χ0v) is 12.4. The van der Waals surface area contributed by atoms with Crippen LogP contribution in [0.5, 0.6) is 0 Å². The van der Waals surface area contributed by atoms with Crippen molar-refractivity contribution in [2.45, 2.75) is 82.4 Å². The molecule has 0 heterocycles. The van der Waals surface area contributed by atoms with E-state index in [2.05, 4.69) is 0 Å². The molecule has 0 aliphatic heterocycles. The average Bonchev–Trinajstić information content (AvgIpc) is 2.53. The molecule has 4 heteroatoms. The first-order valence-corrected chi connectivity index (χ1v) is 7.81. The van der Waals surface area contributed by atoms with Crippen LogP contribution in [0.3, 0.4) is 0 Å². The Kier molecular flexibility index (Phi) is 6.74. The van der Waals surface area contributed by atoms with E-state index in [0.717, 1.165) is 32.1 Å². The van der Waals surface area contributed by atoms with Crippen LogP contribution in [0.2, 0.25) is 0 Å². The zero-order chi connectivity index (χ0) is 14.4. The number of rotatable bonds is 1. The summed E-state index contributed by atoms with van der Waals surface area (Å²) in [6.45, 7) is 2.19. The molecule has 0 aromatic heterocycles. The highest BCUT2D eigenvalue weighted by atomic mass is 16.3. The van der Waals surface area contributed by atoms with Gasteiger partial charge in [0.2, 0.25) is 0 Å². The summed E-state index contributed by atoms with van der Waals surface area (Å²) in [4.78, 5) is 0. The molecule has 2 fully saturated rings. The van der Waals surface area contributed by atoms with E-state index in [1.165, 1.54) is 32.1 Å². The number of aliphatic hydroxyl groups is 2. The second kappa shape index (κ2) is 7.58. The van der Waals surface area contributed by atoms with Gasteiger partial charge < -0.3 is 21.7 Å². The quantitative estimate of drug-likeness (QED) is 0.433. The molecule has 114 valence electrons. The highest BCUT2D eigenvalue weighted by Gasteiger charge is 2.29. The first kappa shape index (κ1) is 16.9. The normalized spacial score (nSPS) is 34.9. The smallest absolute Gasteiger partial charge is 0.116 e. The third kappa shape index (κ3) is 5.78. The fourth-order valence-electron chi connectivity index (χ4n) is 2.95. The number of nitrogens with two attached hydrogens (primary N) is 2. The average molecular weight is 272 g/mol. The van der Waals surface area contributed by atoms with E-state index in [0.29, 0.717) is 0 Å². The lowest BCUT2D eigenvalue weighted by atomic mass is 9.83. The van der Waals surface area contributed by atoms with Gasteiger partial charge in [-0.25, -0.2) is 0 Å². The minimum atomic E-state index is -0.878. The molecule has 2 aliphatic rings. The van der Waals surface area contributed by atoms with Crippen LogP contribution < -0.4 is 11.5 Å². The fraction of sp³-hybridized carbons (Fsp3) is 1.00. The van der Waals surface area contributed by atoms with Crippen LogP contribution in [-0.2, 0) is 0 Å². The van der Waals surface area contributed by atoms with Crippen LogP contribution >= 0.6 is 0 Å². The van der Waals surface area contributed by atoms with E-state index in [-0.39, 0.29) is 18.1 Å². The van der Waals surface area contributed by atoms with Gasteiger partial charge >= 0.3 is 0 Å². The van der Waals surface area contributed by atoms with E-state index < -0.39 is 5.72 Å². The van der Waals surface area contributed by atoms with Gasteiger partial charge in [-0.2, -0.15) is 0 Å². The molecule has 0 bridgehead atoms. The maximum Gasteiger partial charge on any atom is 0.116 e. The van der Waals surface area contributed by atoms with Crippen LogP contribution in [0.1, 0.15) is 71.1 Å². The van der Waals surface area contributed by atoms with Crippen molar-refractivity contribution >= 4 is 0 Å². The van der Waals surface area contributed by atoms with Crippen molar-refractivity contribution < 1.29 is 10.2 Å². The van der Waals surface area contributed by atoms with E-state index in [1.807, 2.05) is 6.92 Å². The van der Waals surface area contributed by atoms with Gasteiger partial charge in [0.05, 0.1) is 6.61 Å². The SMILES string of the molecule is CC1CCCCCC1(N)O.NC1(CO)CCCCC1. The number of aliphatic hydroxyl groups excluding tert-OH is 1. The maximum atomic E-state index is 9.60. The number of hydrogen-bond donors (Lipinski definition) is 4. The van der Waals surface area contributed by atoms with Gasteiger partial charge in [0.15, 0.2) is 0 Å². The van der Waals surface area contributed by atoms with Crippen molar-refractivity contribution in [3.63, 3.8) is 0 Å². The summed E-state index contributed by atoms with van der Waals surface area (Å²) < 4.78 is 0. The van der Waals surface area contributed by atoms with Crippen LogP contribution in [0.15, 0.2) is 0 Å². The topological polar surface area (TPSA) is 92.5 Å². The van der Waals surface area contributed by atoms with Crippen LogP contribution in [-0.4, -0.2) is 28.1 Å². The molecule has 0 aromatic rings. The summed E-state index contributed by atoms with van der Waals surface area (Å²) >= 11 is 0.